The molecule has 0 aliphatic carbocycles. The van der Waals surface area contributed by atoms with Crippen LogP contribution in [-0.2, 0) is 0 Å². The first-order chi connectivity index (χ1) is 11.3. The van der Waals surface area contributed by atoms with Crippen molar-refractivity contribution < 1.29 is 4.74 Å². The van der Waals surface area contributed by atoms with E-state index in [1.807, 2.05) is 42.7 Å². The second-order valence-corrected chi connectivity index (χ2v) is 6.00. The first-order valence-corrected chi connectivity index (χ1v) is 8.04. The molecule has 0 saturated carbocycles. The van der Waals surface area contributed by atoms with Crippen molar-refractivity contribution in [3.05, 3.63) is 42.7 Å². The second-order valence-electron chi connectivity index (χ2n) is 5.37. The molecule has 2 N–H and O–H groups in total. The Morgan fingerprint density at radius 2 is 2.22 bits per heavy atom. The van der Waals surface area contributed by atoms with E-state index in [1.54, 1.807) is 4.52 Å². The number of nitrogens with one attached hydrogen (secondary N) is 2. The van der Waals surface area contributed by atoms with Gasteiger partial charge in [-0.25, -0.2) is 9.50 Å². The fourth-order valence-corrected chi connectivity index (χ4v) is 2.79. The maximum Gasteiger partial charge on any atom is 0.165 e. The van der Waals surface area contributed by atoms with Gasteiger partial charge in [-0.1, -0.05) is 12.1 Å². The van der Waals surface area contributed by atoms with Gasteiger partial charge < -0.3 is 15.4 Å². The van der Waals surface area contributed by atoms with Crippen LogP contribution in [0, 0.1) is 0 Å². The van der Waals surface area contributed by atoms with E-state index in [0.29, 0.717) is 6.61 Å². The number of thiol groups is 1. The third-order valence-electron chi connectivity index (χ3n) is 3.73. The highest BCUT2D eigenvalue weighted by Crippen LogP contribution is 2.27. The lowest BCUT2D eigenvalue weighted by molar-refractivity contribution is 0.304. The van der Waals surface area contributed by atoms with Crippen LogP contribution in [0.2, 0.25) is 0 Å². The van der Waals surface area contributed by atoms with Gasteiger partial charge in [-0.15, -0.1) is 0 Å². The van der Waals surface area contributed by atoms with Crippen molar-refractivity contribution in [3.63, 3.8) is 0 Å². The van der Waals surface area contributed by atoms with Gasteiger partial charge in [-0.05, 0) is 23.8 Å². The number of hydrogen-bond acceptors (Lipinski definition) is 6. The van der Waals surface area contributed by atoms with E-state index < -0.39 is 0 Å². The SMILES string of the molecule is SC1COc2cccc(c2)-c2cnn3ccc(nc23)NCCN1. The van der Waals surface area contributed by atoms with Crippen LogP contribution >= 0.6 is 12.6 Å². The zero-order chi connectivity index (χ0) is 15.6. The Balaban J connectivity index is 1.81. The van der Waals surface area contributed by atoms with E-state index in [4.69, 9.17) is 4.74 Å². The van der Waals surface area contributed by atoms with Crippen LogP contribution in [0.4, 0.5) is 5.82 Å². The minimum Gasteiger partial charge on any atom is -0.491 e. The van der Waals surface area contributed by atoms with Crippen molar-refractivity contribution in [1.29, 1.82) is 0 Å². The molecule has 0 saturated heterocycles. The molecule has 7 heteroatoms. The molecule has 0 amide bonds. The monoisotopic (exact) mass is 327 g/mol. The third-order valence-corrected chi connectivity index (χ3v) is 4.06. The molecule has 0 fully saturated rings. The molecule has 2 aromatic heterocycles. The van der Waals surface area contributed by atoms with E-state index in [1.165, 1.54) is 0 Å². The Hall–Kier alpha value is -2.25. The highest BCUT2D eigenvalue weighted by atomic mass is 32.1. The number of hydrogen-bond donors (Lipinski definition) is 3. The predicted octanol–water partition coefficient (Wildman–Crippen LogP) is 2.05. The number of nitrogens with zero attached hydrogens (tertiary/aromatic N) is 3. The van der Waals surface area contributed by atoms with E-state index in [9.17, 15) is 0 Å². The summed E-state index contributed by atoms with van der Waals surface area (Å²) in [6.45, 7) is 2.03. The summed E-state index contributed by atoms with van der Waals surface area (Å²) in [5.74, 6) is 1.65. The summed E-state index contributed by atoms with van der Waals surface area (Å²) >= 11 is 4.49. The van der Waals surface area contributed by atoms with Gasteiger partial charge in [0.25, 0.3) is 0 Å². The molecular weight excluding hydrogens is 310 g/mol. The largest absolute Gasteiger partial charge is 0.491 e. The van der Waals surface area contributed by atoms with E-state index in [-0.39, 0.29) is 5.37 Å². The molecule has 4 bridgehead atoms. The molecule has 118 valence electrons. The highest BCUT2D eigenvalue weighted by Gasteiger charge is 2.11. The van der Waals surface area contributed by atoms with Gasteiger partial charge in [0.05, 0.1) is 11.6 Å². The highest BCUT2D eigenvalue weighted by molar-refractivity contribution is 7.80. The van der Waals surface area contributed by atoms with Crippen LogP contribution in [0.5, 0.6) is 5.75 Å². The van der Waals surface area contributed by atoms with Crippen molar-refractivity contribution in [2.24, 2.45) is 0 Å². The molecule has 1 aliphatic rings. The zero-order valence-corrected chi connectivity index (χ0v) is 13.3. The first-order valence-electron chi connectivity index (χ1n) is 7.52. The number of anilines is 1. The molecule has 1 atom stereocenters. The number of fused-ring (bicyclic) bond motifs is 4. The number of rotatable bonds is 0. The summed E-state index contributed by atoms with van der Waals surface area (Å²) in [5, 5.41) is 11.0. The van der Waals surface area contributed by atoms with Crippen molar-refractivity contribution in [2.45, 2.75) is 5.37 Å². The molecule has 0 radical (unpaired) electrons. The smallest absolute Gasteiger partial charge is 0.165 e. The number of ether oxygens (including phenoxy) is 1. The Morgan fingerprint density at radius 3 is 3.17 bits per heavy atom. The lowest BCUT2D eigenvalue weighted by Gasteiger charge is -2.16. The topological polar surface area (TPSA) is 63.5 Å². The average molecular weight is 327 g/mol. The summed E-state index contributed by atoms with van der Waals surface area (Å²) in [6.07, 6.45) is 3.75. The van der Waals surface area contributed by atoms with Gasteiger partial charge in [-0.2, -0.15) is 17.7 Å². The van der Waals surface area contributed by atoms with Crippen LogP contribution < -0.4 is 15.4 Å². The minimum absolute atomic E-state index is 0.0226. The Labute approximate surface area is 139 Å². The van der Waals surface area contributed by atoms with E-state index >= 15 is 0 Å². The Morgan fingerprint density at radius 1 is 1.26 bits per heavy atom. The van der Waals surface area contributed by atoms with Crippen molar-refractivity contribution in [1.82, 2.24) is 19.9 Å². The van der Waals surface area contributed by atoms with Gasteiger partial charge in [0, 0.05) is 24.8 Å². The molecule has 1 aliphatic heterocycles. The molecule has 1 aromatic carbocycles. The zero-order valence-electron chi connectivity index (χ0n) is 12.4. The fourth-order valence-electron chi connectivity index (χ4n) is 2.59. The van der Waals surface area contributed by atoms with Crippen molar-refractivity contribution in [3.8, 4) is 16.9 Å². The maximum atomic E-state index is 5.82. The average Bonchev–Trinajstić information content (AvgIpc) is 3.00. The van der Waals surface area contributed by atoms with Gasteiger partial charge >= 0.3 is 0 Å². The predicted molar refractivity (Wildman–Crippen MR) is 93.2 cm³/mol. The van der Waals surface area contributed by atoms with Crippen LogP contribution in [0.1, 0.15) is 0 Å². The summed E-state index contributed by atoms with van der Waals surface area (Å²) in [6, 6.07) is 9.89. The normalized spacial score (nSPS) is 18.2. The summed E-state index contributed by atoms with van der Waals surface area (Å²) < 4.78 is 7.60. The molecule has 4 rings (SSSR count). The molecule has 6 nitrogen and oxygen atoms in total. The quantitative estimate of drug-likeness (QED) is 0.552. The summed E-state index contributed by atoms with van der Waals surface area (Å²) in [5.41, 5.74) is 2.84. The van der Waals surface area contributed by atoms with Crippen LogP contribution in [0.25, 0.3) is 16.8 Å². The standard InChI is InChI=1S/C16H17N5OS/c23-15-10-22-12-3-1-2-11(8-12)13-9-19-21-7-4-14(20-16(13)21)17-5-6-18-15/h1-4,7-9,15,18,23H,5-6,10H2,(H,17,20). The van der Waals surface area contributed by atoms with Crippen molar-refractivity contribution >= 4 is 24.1 Å². The minimum atomic E-state index is -0.0226. The second kappa shape index (κ2) is 6.10. The van der Waals surface area contributed by atoms with E-state index in [0.717, 1.165) is 41.4 Å². The summed E-state index contributed by atoms with van der Waals surface area (Å²) in [4.78, 5) is 4.68. The maximum absolute atomic E-state index is 5.82. The number of aromatic nitrogens is 3. The van der Waals surface area contributed by atoms with Gasteiger partial charge in [-0.3, -0.25) is 0 Å². The fraction of sp³-hybridized carbons (Fsp3) is 0.250. The van der Waals surface area contributed by atoms with Gasteiger partial charge in [0.1, 0.15) is 18.2 Å². The third kappa shape index (κ3) is 2.97. The molecule has 23 heavy (non-hydrogen) atoms. The Kier molecular flexibility index (Phi) is 3.80. The molecule has 0 spiro atoms. The lowest BCUT2D eigenvalue weighted by Crippen LogP contribution is -2.33. The van der Waals surface area contributed by atoms with Crippen LogP contribution in [0.15, 0.2) is 42.7 Å². The van der Waals surface area contributed by atoms with Crippen molar-refractivity contribution in [2.75, 3.05) is 25.0 Å². The molecule has 1 unspecified atom stereocenters. The summed E-state index contributed by atoms with van der Waals surface area (Å²) in [7, 11) is 0. The molecular formula is C16H17N5OS. The number of benzene rings is 1. The first kappa shape index (κ1) is 14.3. The molecule has 3 aromatic rings. The van der Waals surface area contributed by atoms with Gasteiger partial charge in [0.15, 0.2) is 5.65 Å². The van der Waals surface area contributed by atoms with E-state index in [2.05, 4.69) is 33.3 Å². The Bertz CT molecular complexity index is 834. The molecule has 3 heterocycles. The van der Waals surface area contributed by atoms with Crippen LogP contribution in [-0.4, -0.2) is 39.7 Å². The van der Waals surface area contributed by atoms with Crippen LogP contribution in [0.3, 0.4) is 0 Å². The lowest BCUT2D eigenvalue weighted by atomic mass is 10.1. The van der Waals surface area contributed by atoms with Gasteiger partial charge in [0.2, 0.25) is 0 Å².